The first kappa shape index (κ1) is 21.7. The Bertz CT molecular complexity index is 1350. The normalized spacial score (nSPS) is 17.1. The van der Waals surface area contributed by atoms with Gasteiger partial charge < -0.3 is 14.4 Å². The molecule has 0 spiro atoms. The van der Waals surface area contributed by atoms with Gasteiger partial charge in [-0.2, -0.15) is 4.31 Å². The number of hydrogen-bond donors (Lipinski definition) is 0. The summed E-state index contributed by atoms with van der Waals surface area (Å²) >= 11 is 6.21. The quantitative estimate of drug-likeness (QED) is 0.523. The van der Waals surface area contributed by atoms with Gasteiger partial charge in [0.25, 0.3) is 0 Å². The molecule has 3 aromatic rings. The maximum absolute atomic E-state index is 13.1. The van der Waals surface area contributed by atoms with Crippen molar-refractivity contribution in [3.8, 4) is 11.5 Å². The van der Waals surface area contributed by atoms with Crippen molar-refractivity contribution in [2.45, 2.75) is 4.90 Å². The number of carbonyl (C=O) groups excluding carboxylic acids is 1. The molecule has 1 fully saturated rings. The number of amides is 1. The molecule has 0 N–H and O–H groups in total. The van der Waals surface area contributed by atoms with Crippen LogP contribution in [0.15, 0.2) is 53.6 Å². The second kappa shape index (κ2) is 8.69. The van der Waals surface area contributed by atoms with Crippen molar-refractivity contribution >= 4 is 39.3 Å². The summed E-state index contributed by atoms with van der Waals surface area (Å²) in [7, 11) is -3.71. The zero-order valence-corrected chi connectivity index (χ0v) is 19.1. The van der Waals surface area contributed by atoms with E-state index in [4.69, 9.17) is 21.1 Å². The van der Waals surface area contributed by atoms with Gasteiger partial charge in [-0.1, -0.05) is 17.7 Å². The zero-order valence-electron chi connectivity index (χ0n) is 17.6. The molecule has 2 aliphatic heterocycles. The van der Waals surface area contributed by atoms with Crippen molar-refractivity contribution in [1.29, 1.82) is 0 Å². The van der Waals surface area contributed by atoms with Crippen molar-refractivity contribution in [1.82, 2.24) is 18.6 Å². The Morgan fingerprint density at radius 3 is 2.58 bits per heavy atom. The lowest BCUT2D eigenvalue weighted by atomic mass is 10.3. The molecular formula is C22H21ClN4O5S. The predicted octanol–water partition coefficient (Wildman–Crippen LogP) is 2.31. The smallest absolute Gasteiger partial charge is 0.246 e. The molecule has 9 nitrogen and oxygen atoms in total. The minimum atomic E-state index is -3.71. The van der Waals surface area contributed by atoms with Crippen LogP contribution in [-0.4, -0.2) is 72.3 Å². The molecule has 0 unspecified atom stereocenters. The van der Waals surface area contributed by atoms with Crippen LogP contribution in [0.25, 0.3) is 11.7 Å². The summed E-state index contributed by atoms with van der Waals surface area (Å²) in [6.07, 6.45) is 4.89. The van der Waals surface area contributed by atoms with Crippen LogP contribution in [0.4, 0.5) is 0 Å². The summed E-state index contributed by atoms with van der Waals surface area (Å²) in [5.74, 6) is 0.745. The lowest BCUT2D eigenvalue weighted by Crippen LogP contribution is -2.50. The zero-order chi connectivity index (χ0) is 23.0. The van der Waals surface area contributed by atoms with Gasteiger partial charge in [0.05, 0.1) is 10.6 Å². The maximum atomic E-state index is 13.1. The van der Waals surface area contributed by atoms with Gasteiger partial charge in [0, 0.05) is 44.5 Å². The fourth-order valence-corrected chi connectivity index (χ4v) is 5.55. The van der Waals surface area contributed by atoms with E-state index in [1.54, 1.807) is 21.4 Å². The molecule has 11 heteroatoms. The number of halogens is 1. The summed E-state index contributed by atoms with van der Waals surface area (Å²) in [6, 6.07) is 10.2. The van der Waals surface area contributed by atoms with Crippen LogP contribution < -0.4 is 9.47 Å². The number of sulfonamides is 1. The van der Waals surface area contributed by atoms with E-state index in [2.05, 4.69) is 4.98 Å². The van der Waals surface area contributed by atoms with Gasteiger partial charge in [-0.05, 0) is 30.3 Å². The minimum Gasteiger partial charge on any atom is -0.486 e. The SMILES string of the molecule is O=C(/C=C/c1c(Cl)nc2ccccn12)N1CCN(S(=O)(=O)c2ccc3c(c2)OCCO3)CC1. The van der Waals surface area contributed by atoms with Gasteiger partial charge in [-0.25, -0.2) is 13.4 Å². The highest BCUT2D eigenvalue weighted by molar-refractivity contribution is 7.89. The summed E-state index contributed by atoms with van der Waals surface area (Å²) in [5.41, 5.74) is 1.30. The van der Waals surface area contributed by atoms with E-state index in [0.717, 1.165) is 0 Å². The summed E-state index contributed by atoms with van der Waals surface area (Å²) < 4.78 is 40.3. The van der Waals surface area contributed by atoms with Gasteiger partial charge >= 0.3 is 0 Å². The fourth-order valence-electron chi connectivity index (χ4n) is 3.87. The monoisotopic (exact) mass is 488 g/mol. The molecule has 0 saturated carbocycles. The number of imidazole rings is 1. The molecular weight excluding hydrogens is 468 g/mol. The van der Waals surface area contributed by atoms with E-state index in [0.29, 0.717) is 41.2 Å². The van der Waals surface area contributed by atoms with Gasteiger partial charge in [0.15, 0.2) is 16.7 Å². The first-order valence-electron chi connectivity index (χ1n) is 10.4. The van der Waals surface area contributed by atoms with Crippen molar-refractivity contribution < 1.29 is 22.7 Å². The van der Waals surface area contributed by atoms with Gasteiger partial charge in [0.1, 0.15) is 18.9 Å². The van der Waals surface area contributed by atoms with Crippen LogP contribution in [0.1, 0.15) is 5.69 Å². The number of ether oxygens (including phenoxy) is 2. The summed E-state index contributed by atoms with van der Waals surface area (Å²) in [5, 5.41) is 0.306. The Kier molecular flexibility index (Phi) is 5.73. The van der Waals surface area contributed by atoms with E-state index in [1.807, 2.05) is 24.4 Å². The first-order chi connectivity index (χ1) is 15.9. The number of carbonyl (C=O) groups is 1. The van der Waals surface area contributed by atoms with Crippen LogP contribution in [0, 0.1) is 0 Å². The molecule has 0 aliphatic carbocycles. The highest BCUT2D eigenvalue weighted by Crippen LogP contribution is 2.33. The van der Waals surface area contributed by atoms with Crippen LogP contribution in [-0.2, 0) is 14.8 Å². The third-order valence-electron chi connectivity index (χ3n) is 5.61. The molecule has 1 amide bonds. The topological polar surface area (TPSA) is 93.5 Å². The minimum absolute atomic E-state index is 0.147. The Morgan fingerprint density at radius 1 is 1.03 bits per heavy atom. The van der Waals surface area contributed by atoms with E-state index in [-0.39, 0.29) is 37.0 Å². The highest BCUT2D eigenvalue weighted by atomic mass is 35.5. The third-order valence-corrected chi connectivity index (χ3v) is 7.78. The van der Waals surface area contributed by atoms with Gasteiger partial charge in [-0.15, -0.1) is 0 Å². The van der Waals surface area contributed by atoms with Crippen molar-refractivity contribution in [2.75, 3.05) is 39.4 Å². The molecule has 2 aliphatic rings. The molecule has 5 rings (SSSR count). The number of aromatic nitrogens is 2. The second-order valence-corrected chi connectivity index (χ2v) is 9.88. The lowest BCUT2D eigenvalue weighted by molar-refractivity contribution is -0.127. The van der Waals surface area contributed by atoms with Crippen LogP contribution >= 0.6 is 11.6 Å². The largest absolute Gasteiger partial charge is 0.486 e. The molecule has 2 aromatic heterocycles. The lowest BCUT2D eigenvalue weighted by Gasteiger charge is -2.33. The van der Waals surface area contributed by atoms with Gasteiger partial charge in [0.2, 0.25) is 15.9 Å². The number of piperazine rings is 1. The standard InChI is InChI=1S/C22H21ClN4O5S/c23-22-17(27-8-2-1-3-20(27)24-22)5-7-21(28)25-9-11-26(12-10-25)33(29,30)16-4-6-18-19(15-16)32-14-13-31-18/h1-8,15H,9-14H2/b7-5+. The second-order valence-electron chi connectivity index (χ2n) is 7.58. The number of pyridine rings is 1. The van der Waals surface area contributed by atoms with Crippen LogP contribution in [0.2, 0.25) is 5.15 Å². The Hall–Kier alpha value is -3.08. The number of hydrogen-bond acceptors (Lipinski definition) is 6. The van der Waals surface area contributed by atoms with Crippen LogP contribution in [0.3, 0.4) is 0 Å². The van der Waals surface area contributed by atoms with Gasteiger partial charge in [-0.3, -0.25) is 9.20 Å². The molecule has 4 heterocycles. The average Bonchev–Trinajstić information content (AvgIpc) is 3.17. The molecule has 33 heavy (non-hydrogen) atoms. The number of benzene rings is 1. The number of fused-ring (bicyclic) bond motifs is 2. The Morgan fingerprint density at radius 2 is 1.79 bits per heavy atom. The third kappa shape index (κ3) is 4.17. The van der Waals surface area contributed by atoms with Crippen molar-refractivity contribution in [2.24, 2.45) is 0 Å². The molecule has 0 atom stereocenters. The van der Waals surface area contributed by atoms with Crippen LogP contribution in [0.5, 0.6) is 11.5 Å². The number of nitrogens with zero attached hydrogens (tertiary/aromatic N) is 4. The van der Waals surface area contributed by atoms with E-state index in [9.17, 15) is 13.2 Å². The fraction of sp³-hybridized carbons (Fsp3) is 0.273. The molecule has 0 bridgehead atoms. The summed E-state index contributed by atoms with van der Waals surface area (Å²) in [4.78, 5) is 18.7. The summed E-state index contributed by atoms with van der Waals surface area (Å²) in [6.45, 7) is 1.79. The van der Waals surface area contributed by atoms with E-state index >= 15 is 0 Å². The Balaban J connectivity index is 1.25. The first-order valence-corrected chi connectivity index (χ1v) is 12.2. The molecule has 1 aromatic carbocycles. The van der Waals surface area contributed by atoms with Crippen molar-refractivity contribution in [3.05, 3.63) is 59.5 Å². The van der Waals surface area contributed by atoms with E-state index in [1.165, 1.54) is 22.5 Å². The Labute approximate surface area is 195 Å². The maximum Gasteiger partial charge on any atom is 0.246 e. The van der Waals surface area contributed by atoms with E-state index < -0.39 is 10.0 Å². The predicted molar refractivity (Wildman–Crippen MR) is 122 cm³/mol. The molecule has 0 radical (unpaired) electrons. The highest BCUT2D eigenvalue weighted by Gasteiger charge is 2.30. The molecule has 172 valence electrons. The average molecular weight is 489 g/mol. The van der Waals surface area contributed by atoms with Crippen molar-refractivity contribution in [3.63, 3.8) is 0 Å². The number of rotatable bonds is 4. The molecule has 1 saturated heterocycles.